The highest BCUT2D eigenvalue weighted by Crippen LogP contribution is 2.42. The Balaban J connectivity index is 0.653. The molecule has 0 saturated heterocycles. The van der Waals surface area contributed by atoms with Gasteiger partial charge in [0.15, 0.2) is 0 Å². The van der Waals surface area contributed by atoms with Crippen molar-refractivity contribution in [1.82, 2.24) is 0 Å². The molecule has 98 heavy (non-hydrogen) atoms. The lowest BCUT2D eigenvalue weighted by molar-refractivity contribution is 1.28. The van der Waals surface area contributed by atoms with Crippen LogP contribution in [-0.4, -0.2) is 0 Å². The summed E-state index contributed by atoms with van der Waals surface area (Å²) in [5.41, 5.74) is 32.6. The standard InChI is InChI=1S/C96H68N2/c1-5-13-69(14-6-1)73-21-29-77(30-22-73)78-37-39-82(40-38-78)88-51-63-94(64-52-88)98(93-61-49-87(50-62-93)81-35-27-76(28-36-81)72-19-11-4-12-20-72)96-67-55-90(56-68-96)84-43-41-83(42-44-84)89-53-65-95(66-54-89)97(91-57-45-85(46-58-91)79-31-23-74(24-32-79)70-15-7-2-8-16-70)92-59-47-86(48-60-92)80-33-25-75(26-34-80)71-17-9-3-10-18-71/h1-68H. The zero-order chi connectivity index (χ0) is 65.4. The number of anilines is 6. The zero-order valence-electron chi connectivity index (χ0n) is 54.2. The van der Waals surface area contributed by atoms with Crippen molar-refractivity contribution in [1.29, 1.82) is 0 Å². The Morgan fingerprint density at radius 2 is 0.163 bits per heavy atom. The molecule has 0 heterocycles. The van der Waals surface area contributed by atoms with E-state index in [0.717, 1.165) is 61.9 Å². The molecule has 16 aromatic carbocycles. The van der Waals surface area contributed by atoms with Crippen LogP contribution in [0, 0.1) is 0 Å². The maximum absolute atomic E-state index is 2.36. The number of rotatable bonds is 17. The van der Waals surface area contributed by atoms with Gasteiger partial charge in [-0.2, -0.15) is 0 Å². The fraction of sp³-hybridized carbons (Fsp3) is 0. The van der Waals surface area contributed by atoms with Crippen LogP contribution in [0.5, 0.6) is 0 Å². The van der Waals surface area contributed by atoms with Crippen LogP contribution < -0.4 is 9.80 Å². The Bertz CT molecular complexity index is 5130. The fourth-order valence-electron chi connectivity index (χ4n) is 13.4. The second-order valence-electron chi connectivity index (χ2n) is 24.9. The molecule has 16 rings (SSSR count). The maximum atomic E-state index is 2.36. The van der Waals surface area contributed by atoms with Crippen LogP contribution in [-0.2, 0) is 0 Å². The molecule has 0 spiro atoms. The van der Waals surface area contributed by atoms with E-state index in [1.165, 1.54) is 94.6 Å². The largest absolute Gasteiger partial charge is 0.311 e. The summed E-state index contributed by atoms with van der Waals surface area (Å²) in [5, 5.41) is 0. The molecule has 0 saturated carbocycles. The van der Waals surface area contributed by atoms with Crippen molar-refractivity contribution in [3.05, 3.63) is 413 Å². The molecule has 0 atom stereocenters. The summed E-state index contributed by atoms with van der Waals surface area (Å²) >= 11 is 0. The van der Waals surface area contributed by atoms with E-state index in [1.807, 2.05) is 0 Å². The van der Waals surface area contributed by atoms with Gasteiger partial charge in [0.1, 0.15) is 0 Å². The van der Waals surface area contributed by atoms with E-state index in [2.05, 4.69) is 422 Å². The van der Waals surface area contributed by atoms with E-state index in [9.17, 15) is 0 Å². The van der Waals surface area contributed by atoms with E-state index in [4.69, 9.17) is 0 Å². The van der Waals surface area contributed by atoms with Crippen LogP contribution in [0.1, 0.15) is 0 Å². The average Bonchev–Trinajstić information content (AvgIpc) is 0.832. The third kappa shape index (κ3) is 13.1. The van der Waals surface area contributed by atoms with Gasteiger partial charge in [0.25, 0.3) is 0 Å². The molecule has 0 bridgehead atoms. The van der Waals surface area contributed by atoms with E-state index < -0.39 is 0 Å². The van der Waals surface area contributed by atoms with Gasteiger partial charge in [-0.15, -0.1) is 0 Å². The maximum Gasteiger partial charge on any atom is 0.0462 e. The zero-order valence-corrected chi connectivity index (χ0v) is 54.2. The molecule has 0 aliphatic carbocycles. The Labute approximate surface area is 575 Å². The average molecular weight is 1250 g/mol. The van der Waals surface area contributed by atoms with E-state index >= 15 is 0 Å². The molecule has 0 aliphatic heterocycles. The van der Waals surface area contributed by atoms with Crippen LogP contribution in [0.25, 0.3) is 122 Å². The second kappa shape index (κ2) is 27.6. The second-order valence-corrected chi connectivity index (χ2v) is 24.9. The van der Waals surface area contributed by atoms with Crippen LogP contribution >= 0.6 is 0 Å². The van der Waals surface area contributed by atoms with Crippen molar-refractivity contribution in [3.63, 3.8) is 0 Å². The van der Waals surface area contributed by atoms with Crippen LogP contribution in [0.2, 0.25) is 0 Å². The predicted molar refractivity (Wildman–Crippen MR) is 416 cm³/mol. The van der Waals surface area contributed by atoms with Gasteiger partial charge in [-0.25, -0.2) is 0 Å². The SMILES string of the molecule is c1ccc(-c2ccc(-c3ccc(-c4ccc(N(c5ccc(-c6ccc(-c7ccccc7)cc6)cc5)c5ccc(-c6ccc(-c7ccc(N(c8ccc(-c9ccc(-c%10ccccc%10)cc9)cc8)c8ccc(-c9ccc(-c%10ccccc%10)cc9)cc8)cc7)cc6)cc5)cc4)cc3)cc2)cc1. The monoisotopic (exact) mass is 1250 g/mol. The summed E-state index contributed by atoms with van der Waals surface area (Å²) in [6.07, 6.45) is 0. The summed E-state index contributed by atoms with van der Waals surface area (Å²) in [6.45, 7) is 0. The Morgan fingerprint density at radius 3 is 0.265 bits per heavy atom. The first-order chi connectivity index (χ1) is 48.5. The molecule has 0 unspecified atom stereocenters. The minimum Gasteiger partial charge on any atom is -0.311 e. The number of benzene rings is 16. The molecule has 0 amide bonds. The Morgan fingerprint density at radius 1 is 0.0816 bits per heavy atom. The van der Waals surface area contributed by atoms with Crippen molar-refractivity contribution >= 4 is 34.1 Å². The summed E-state index contributed by atoms with van der Waals surface area (Å²) in [4.78, 5) is 4.71. The highest BCUT2D eigenvalue weighted by molar-refractivity contribution is 5.85. The van der Waals surface area contributed by atoms with Gasteiger partial charge in [-0.1, -0.05) is 340 Å². The summed E-state index contributed by atoms with van der Waals surface area (Å²) in [5.74, 6) is 0. The Hall–Kier alpha value is -12.9. The lowest BCUT2D eigenvalue weighted by Crippen LogP contribution is -2.09. The van der Waals surface area contributed by atoms with Crippen LogP contribution in [0.4, 0.5) is 34.1 Å². The molecule has 2 nitrogen and oxygen atoms in total. The van der Waals surface area contributed by atoms with Crippen molar-refractivity contribution in [2.24, 2.45) is 0 Å². The van der Waals surface area contributed by atoms with Gasteiger partial charge in [0.05, 0.1) is 0 Å². The molecule has 16 aromatic rings. The van der Waals surface area contributed by atoms with Gasteiger partial charge in [0.2, 0.25) is 0 Å². The summed E-state index contributed by atoms with van der Waals surface area (Å²) in [6, 6.07) is 149. The van der Waals surface area contributed by atoms with Gasteiger partial charge in [-0.3, -0.25) is 0 Å². The first kappa shape index (κ1) is 60.1. The highest BCUT2D eigenvalue weighted by atomic mass is 15.1. The summed E-state index contributed by atoms with van der Waals surface area (Å²) < 4.78 is 0. The lowest BCUT2D eigenvalue weighted by atomic mass is 9.98. The first-order valence-corrected chi connectivity index (χ1v) is 33.6. The molecule has 0 aromatic heterocycles. The molecule has 2 heteroatoms. The normalized spacial score (nSPS) is 11.1. The van der Waals surface area contributed by atoms with Gasteiger partial charge in [0, 0.05) is 34.1 Å². The number of nitrogens with zero attached hydrogens (tertiary/aromatic N) is 2. The fourth-order valence-corrected chi connectivity index (χ4v) is 13.4. The Kier molecular flexibility index (Phi) is 16.9. The molecular formula is C96H68N2. The molecule has 0 aliphatic rings. The minimum absolute atomic E-state index is 1.07. The smallest absolute Gasteiger partial charge is 0.0462 e. The lowest BCUT2D eigenvalue weighted by Gasteiger charge is -2.26. The molecule has 0 fully saturated rings. The minimum atomic E-state index is 1.07. The van der Waals surface area contributed by atoms with Crippen molar-refractivity contribution in [3.8, 4) is 122 Å². The molecular weight excluding hydrogens is 1180 g/mol. The summed E-state index contributed by atoms with van der Waals surface area (Å²) in [7, 11) is 0. The van der Waals surface area contributed by atoms with Crippen LogP contribution in [0.3, 0.4) is 0 Å². The van der Waals surface area contributed by atoms with E-state index in [-0.39, 0.29) is 0 Å². The quantitative estimate of drug-likeness (QED) is 0.0896. The van der Waals surface area contributed by atoms with E-state index in [1.54, 1.807) is 0 Å². The third-order valence-corrected chi connectivity index (χ3v) is 18.8. The first-order valence-electron chi connectivity index (χ1n) is 33.6. The van der Waals surface area contributed by atoms with Crippen molar-refractivity contribution in [2.45, 2.75) is 0 Å². The van der Waals surface area contributed by atoms with Crippen molar-refractivity contribution < 1.29 is 0 Å². The predicted octanol–water partition coefficient (Wildman–Crippen LogP) is 27.0. The highest BCUT2D eigenvalue weighted by Gasteiger charge is 2.18. The molecule has 462 valence electrons. The molecule has 0 radical (unpaired) electrons. The number of hydrogen-bond donors (Lipinski definition) is 0. The third-order valence-electron chi connectivity index (χ3n) is 18.8. The number of hydrogen-bond acceptors (Lipinski definition) is 2. The van der Waals surface area contributed by atoms with Gasteiger partial charge < -0.3 is 9.80 Å². The van der Waals surface area contributed by atoms with E-state index in [0.29, 0.717) is 0 Å². The van der Waals surface area contributed by atoms with Crippen molar-refractivity contribution in [2.75, 3.05) is 9.80 Å². The topological polar surface area (TPSA) is 6.48 Å². The van der Waals surface area contributed by atoms with Crippen LogP contribution in [0.15, 0.2) is 413 Å². The molecule has 0 N–H and O–H groups in total. The van der Waals surface area contributed by atoms with Gasteiger partial charge >= 0.3 is 0 Å². The van der Waals surface area contributed by atoms with Gasteiger partial charge in [-0.05, 0) is 195 Å².